The molecule has 0 atom stereocenters. The number of aromatic nitrogens is 1. The lowest BCUT2D eigenvalue weighted by Crippen LogP contribution is -2.30. The number of carbonyl (C=O) groups excluding carboxylic acids is 1. The highest BCUT2D eigenvalue weighted by Gasteiger charge is 2.38. The molecule has 0 radical (unpaired) electrons. The van der Waals surface area contributed by atoms with Gasteiger partial charge < -0.3 is 9.47 Å². The van der Waals surface area contributed by atoms with Gasteiger partial charge in [0.1, 0.15) is 0 Å². The minimum atomic E-state index is -0.294. The van der Waals surface area contributed by atoms with Gasteiger partial charge in [0.2, 0.25) is 0 Å². The van der Waals surface area contributed by atoms with Crippen molar-refractivity contribution in [2.45, 2.75) is 38.5 Å². The zero-order valence-corrected chi connectivity index (χ0v) is 36.4. The third kappa shape index (κ3) is 5.70. The van der Waals surface area contributed by atoms with Crippen LogP contribution in [0, 0.1) is 0 Å². The lowest BCUT2D eigenvalue weighted by Gasteiger charge is -2.42. The Morgan fingerprint density at radius 2 is 0.812 bits per heavy atom. The van der Waals surface area contributed by atoms with E-state index < -0.39 is 0 Å². The Bertz CT molecular complexity index is 3400. The largest absolute Gasteiger partial charge is 0.310 e. The van der Waals surface area contributed by atoms with Gasteiger partial charge in [0, 0.05) is 44.1 Å². The monoisotopic (exact) mass is 822 g/mol. The minimum absolute atomic E-state index is 0.105. The fraction of sp³-hybridized carbons (Fsp3) is 0.0984. The van der Waals surface area contributed by atoms with Crippen molar-refractivity contribution < 1.29 is 4.79 Å². The Kier molecular flexibility index (Phi) is 8.39. The van der Waals surface area contributed by atoms with E-state index in [0.717, 1.165) is 44.8 Å². The van der Waals surface area contributed by atoms with Gasteiger partial charge in [-0.1, -0.05) is 167 Å². The quantitative estimate of drug-likeness (QED) is 0.173. The molecule has 12 rings (SSSR count). The predicted molar refractivity (Wildman–Crippen MR) is 266 cm³/mol. The highest BCUT2D eigenvalue weighted by Crippen LogP contribution is 2.53. The molecule has 0 saturated carbocycles. The van der Waals surface area contributed by atoms with E-state index in [1.54, 1.807) is 0 Å². The van der Waals surface area contributed by atoms with Gasteiger partial charge in [0.05, 0.1) is 22.4 Å². The lowest BCUT2D eigenvalue weighted by atomic mass is 9.68. The van der Waals surface area contributed by atoms with Crippen LogP contribution in [0.3, 0.4) is 0 Å². The molecule has 0 saturated heterocycles. The SMILES string of the molecule is CC1(C)c2ccccc2C(=O)c2ccc(-c3ccc(N4c5ccccc5C(C)(C)c5cc(-n6c7ccc(-c8ccccc8)cc7c7cc(-c8ccccc8)ccc76)ccc54)cc3)cc21. The molecule has 0 fully saturated rings. The first-order valence-electron chi connectivity index (χ1n) is 22.3. The summed E-state index contributed by atoms with van der Waals surface area (Å²) in [6.07, 6.45) is 0. The maximum atomic E-state index is 13.6. The number of benzene rings is 9. The Morgan fingerprint density at radius 1 is 0.344 bits per heavy atom. The fourth-order valence-electron chi connectivity index (χ4n) is 10.8. The van der Waals surface area contributed by atoms with Gasteiger partial charge in [-0.15, -0.1) is 0 Å². The van der Waals surface area contributed by atoms with E-state index >= 15 is 0 Å². The first-order chi connectivity index (χ1) is 31.2. The summed E-state index contributed by atoms with van der Waals surface area (Å²) >= 11 is 0. The molecule has 1 aliphatic carbocycles. The van der Waals surface area contributed by atoms with E-state index in [-0.39, 0.29) is 16.6 Å². The van der Waals surface area contributed by atoms with E-state index in [1.165, 1.54) is 66.6 Å². The topological polar surface area (TPSA) is 25.2 Å². The van der Waals surface area contributed by atoms with Crippen molar-refractivity contribution >= 4 is 44.7 Å². The molecule has 9 aromatic carbocycles. The van der Waals surface area contributed by atoms with Crippen LogP contribution in [0.5, 0.6) is 0 Å². The zero-order chi connectivity index (χ0) is 43.3. The van der Waals surface area contributed by atoms with Crippen molar-refractivity contribution in [3.8, 4) is 39.1 Å². The van der Waals surface area contributed by atoms with E-state index in [4.69, 9.17) is 0 Å². The van der Waals surface area contributed by atoms with Crippen molar-refractivity contribution in [2.75, 3.05) is 4.90 Å². The Balaban J connectivity index is 0.979. The Hall–Kier alpha value is -7.75. The summed E-state index contributed by atoms with van der Waals surface area (Å²) in [5.74, 6) is 0.105. The van der Waals surface area contributed by atoms with Crippen molar-refractivity contribution in [3.63, 3.8) is 0 Å². The summed E-state index contributed by atoms with van der Waals surface area (Å²) in [6.45, 7) is 9.18. The molecule has 1 aromatic heterocycles. The number of ketones is 1. The van der Waals surface area contributed by atoms with Crippen LogP contribution >= 0.6 is 0 Å². The van der Waals surface area contributed by atoms with Gasteiger partial charge in [0.15, 0.2) is 5.78 Å². The predicted octanol–water partition coefficient (Wildman–Crippen LogP) is 15.8. The third-order valence-electron chi connectivity index (χ3n) is 14.2. The maximum Gasteiger partial charge on any atom is 0.193 e. The second-order valence-corrected chi connectivity index (χ2v) is 18.5. The summed E-state index contributed by atoms with van der Waals surface area (Å²) in [4.78, 5) is 16.1. The first-order valence-corrected chi connectivity index (χ1v) is 22.3. The van der Waals surface area contributed by atoms with Gasteiger partial charge in [-0.25, -0.2) is 0 Å². The Morgan fingerprint density at radius 3 is 1.47 bits per heavy atom. The summed E-state index contributed by atoms with van der Waals surface area (Å²) in [5.41, 5.74) is 19.8. The average molecular weight is 823 g/mol. The van der Waals surface area contributed by atoms with Gasteiger partial charge in [0.25, 0.3) is 0 Å². The van der Waals surface area contributed by atoms with Crippen LogP contribution in [0.15, 0.2) is 206 Å². The van der Waals surface area contributed by atoms with E-state index in [0.29, 0.717) is 0 Å². The molecule has 0 amide bonds. The summed E-state index contributed by atoms with van der Waals surface area (Å²) < 4.78 is 2.45. The molecule has 1 aliphatic heterocycles. The van der Waals surface area contributed by atoms with Crippen molar-refractivity contribution in [2.24, 2.45) is 0 Å². The van der Waals surface area contributed by atoms with Crippen LogP contribution in [0.4, 0.5) is 17.1 Å². The third-order valence-corrected chi connectivity index (χ3v) is 14.2. The maximum absolute atomic E-state index is 13.6. The number of para-hydroxylation sites is 1. The molecule has 10 aromatic rings. The van der Waals surface area contributed by atoms with Gasteiger partial charge in [-0.05, 0) is 122 Å². The van der Waals surface area contributed by atoms with Crippen molar-refractivity contribution in [1.29, 1.82) is 0 Å². The number of hydrogen-bond acceptors (Lipinski definition) is 2. The zero-order valence-electron chi connectivity index (χ0n) is 36.4. The minimum Gasteiger partial charge on any atom is -0.310 e. The van der Waals surface area contributed by atoms with Gasteiger partial charge >= 0.3 is 0 Å². The van der Waals surface area contributed by atoms with Crippen LogP contribution < -0.4 is 4.90 Å². The van der Waals surface area contributed by atoms with E-state index in [9.17, 15) is 4.79 Å². The number of anilines is 3. The van der Waals surface area contributed by atoms with E-state index in [1.807, 2.05) is 24.3 Å². The molecule has 3 nitrogen and oxygen atoms in total. The van der Waals surface area contributed by atoms with Crippen LogP contribution in [0.25, 0.3) is 60.9 Å². The molecule has 3 heteroatoms. The molecule has 2 heterocycles. The lowest BCUT2D eigenvalue weighted by molar-refractivity contribution is 0.103. The van der Waals surface area contributed by atoms with Crippen LogP contribution in [-0.2, 0) is 10.8 Å². The molecule has 0 N–H and O–H groups in total. The van der Waals surface area contributed by atoms with Gasteiger partial charge in [-0.2, -0.15) is 0 Å². The molecule has 0 bridgehead atoms. The second kappa shape index (κ2) is 14.1. The van der Waals surface area contributed by atoms with Crippen LogP contribution in [0.1, 0.15) is 65.9 Å². The number of carbonyl (C=O) groups is 1. The number of hydrogen-bond donors (Lipinski definition) is 0. The van der Waals surface area contributed by atoms with Crippen molar-refractivity contribution in [3.05, 3.63) is 240 Å². The van der Waals surface area contributed by atoms with Gasteiger partial charge in [-0.3, -0.25) is 4.79 Å². The molecule has 0 spiro atoms. The van der Waals surface area contributed by atoms with Crippen LogP contribution in [-0.4, -0.2) is 10.4 Å². The highest BCUT2D eigenvalue weighted by molar-refractivity contribution is 6.14. The highest BCUT2D eigenvalue weighted by atomic mass is 16.1. The first kappa shape index (κ1) is 38.0. The Labute approximate surface area is 374 Å². The fourth-order valence-corrected chi connectivity index (χ4v) is 10.8. The second-order valence-electron chi connectivity index (χ2n) is 18.5. The smallest absolute Gasteiger partial charge is 0.193 e. The molecule has 2 aliphatic rings. The van der Waals surface area contributed by atoms with E-state index in [2.05, 4.69) is 219 Å². The molecule has 0 unspecified atom stereocenters. The summed E-state index contributed by atoms with van der Waals surface area (Å²) in [5, 5.41) is 2.47. The average Bonchev–Trinajstić information content (AvgIpc) is 3.67. The molecule has 306 valence electrons. The summed E-state index contributed by atoms with van der Waals surface area (Å²) in [6, 6.07) is 74.5. The normalized spacial score (nSPS) is 14.5. The molecule has 64 heavy (non-hydrogen) atoms. The van der Waals surface area contributed by atoms with Crippen molar-refractivity contribution in [1.82, 2.24) is 4.57 Å². The standard InChI is InChI=1S/C61H46N2O/c1-60(2)51-20-12-11-19-47(51)59(64)48-31-25-44(37-53(48)60)41-23-28-45(29-24-41)62-57-22-14-13-21-52(57)61(3,4)54-38-46(30-34-58(54)62)63-55-32-26-42(39-15-7-5-8-16-39)35-49(55)50-36-43(27-33-56(50)63)40-17-9-6-10-18-40/h5-38H,1-4H3. The summed E-state index contributed by atoms with van der Waals surface area (Å²) in [7, 11) is 0. The number of nitrogens with zero attached hydrogens (tertiary/aromatic N) is 2. The van der Waals surface area contributed by atoms with Crippen LogP contribution in [0.2, 0.25) is 0 Å². The molecular formula is C61H46N2O. The number of rotatable bonds is 5. The number of fused-ring (bicyclic) bond motifs is 7. The molecular weight excluding hydrogens is 777 g/mol.